The third-order valence-electron chi connectivity index (χ3n) is 3.74. The summed E-state index contributed by atoms with van der Waals surface area (Å²) in [6.45, 7) is 0.216. The Labute approximate surface area is 163 Å². The van der Waals surface area contributed by atoms with Gasteiger partial charge in [0.15, 0.2) is 0 Å². The molecule has 1 atom stereocenters. The van der Waals surface area contributed by atoms with E-state index in [1.54, 1.807) is 0 Å². The van der Waals surface area contributed by atoms with Crippen LogP contribution in [0.3, 0.4) is 0 Å². The van der Waals surface area contributed by atoms with Crippen LogP contribution in [0.2, 0.25) is 0 Å². The number of carbonyl (C=O) groups is 2. The fourth-order valence-corrected chi connectivity index (χ4v) is 2.36. The maximum Gasteiger partial charge on any atom is 0.228 e. The number of hydrogen-bond acceptors (Lipinski definition) is 4. The molecule has 6 nitrogen and oxygen atoms in total. The van der Waals surface area contributed by atoms with Crippen molar-refractivity contribution < 1.29 is 18.7 Å². The zero-order valence-electron chi connectivity index (χ0n) is 14.9. The van der Waals surface area contributed by atoms with Crippen molar-refractivity contribution in [2.45, 2.75) is 18.9 Å². The molecule has 1 unspecified atom stereocenters. The lowest BCUT2D eigenvalue weighted by atomic mass is 10.1. The summed E-state index contributed by atoms with van der Waals surface area (Å²) < 4.78 is 19.0. The Kier molecular flexibility index (Phi) is 9.42. The number of amides is 2. The Morgan fingerprint density at radius 3 is 2.44 bits per heavy atom. The molecule has 0 aliphatic rings. The summed E-state index contributed by atoms with van der Waals surface area (Å²) in [5, 5.41) is 5.16. The SMILES string of the molecule is COC(CN)CC(=O)Nc1ccc(F)c(NC(=O)Cc2ccccc2)c1.Cl. The third-order valence-corrected chi connectivity index (χ3v) is 3.74. The van der Waals surface area contributed by atoms with Gasteiger partial charge in [0.2, 0.25) is 11.8 Å². The van der Waals surface area contributed by atoms with Gasteiger partial charge in [-0.25, -0.2) is 4.39 Å². The lowest BCUT2D eigenvalue weighted by Gasteiger charge is -2.13. The van der Waals surface area contributed by atoms with Gasteiger partial charge < -0.3 is 21.1 Å². The number of ether oxygens (including phenoxy) is 1. The third kappa shape index (κ3) is 7.34. The molecular weight excluding hydrogens is 373 g/mol. The van der Waals surface area contributed by atoms with Gasteiger partial charge in [-0.05, 0) is 23.8 Å². The van der Waals surface area contributed by atoms with Crippen LogP contribution in [-0.4, -0.2) is 31.6 Å². The fraction of sp³-hybridized carbons (Fsp3) is 0.263. The van der Waals surface area contributed by atoms with E-state index in [4.69, 9.17) is 10.5 Å². The number of rotatable bonds is 8. The van der Waals surface area contributed by atoms with Crippen LogP contribution in [0, 0.1) is 5.82 Å². The molecule has 27 heavy (non-hydrogen) atoms. The van der Waals surface area contributed by atoms with Gasteiger partial charge in [0, 0.05) is 19.3 Å². The maximum absolute atomic E-state index is 14.0. The van der Waals surface area contributed by atoms with E-state index in [9.17, 15) is 14.0 Å². The first-order valence-electron chi connectivity index (χ1n) is 8.18. The molecule has 8 heteroatoms. The minimum absolute atomic E-state index is 0. The number of halogens is 2. The van der Waals surface area contributed by atoms with Crippen molar-refractivity contribution in [3.63, 3.8) is 0 Å². The van der Waals surface area contributed by atoms with Crippen LogP contribution in [0.5, 0.6) is 0 Å². The zero-order chi connectivity index (χ0) is 18.9. The highest BCUT2D eigenvalue weighted by Gasteiger charge is 2.13. The molecule has 0 aliphatic carbocycles. The predicted molar refractivity (Wildman–Crippen MR) is 106 cm³/mol. The summed E-state index contributed by atoms with van der Waals surface area (Å²) in [6.07, 6.45) is -0.177. The van der Waals surface area contributed by atoms with Crippen molar-refractivity contribution >= 4 is 35.6 Å². The molecule has 0 saturated carbocycles. The van der Waals surface area contributed by atoms with Gasteiger partial charge in [-0.15, -0.1) is 12.4 Å². The molecule has 0 saturated heterocycles. The van der Waals surface area contributed by atoms with Crippen molar-refractivity contribution in [2.24, 2.45) is 5.73 Å². The smallest absolute Gasteiger partial charge is 0.228 e. The summed E-state index contributed by atoms with van der Waals surface area (Å²) in [5.41, 5.74) is 6.69. The molecule has 0 spiro atoms. The van der Waals surface area contributed by atoms with Crippen LogP contribution >= 0.6 is 12.4 Å². The van der Waals surface area contributed by atoms with E-state index >= 15 is 0 Å². The van der Waals surface area contributed by atoms with Gasteiger partial charge in [-0.2, -0.15) is 0 Å². The van der Waals surface area contributed by atoms with E-state index in [0.29, 0.717) is 5.69 Å². The first kappa shape index (κ1) is 22.6. The number of nitrogens with one attached hydrogen (secondary N) is 2. The molecule has 2 amide bonds. The van der Waals surface area contributed by atoms with Gasteiger partial charge in [0.25, 0.3) is 0 Å². The van der Waals surface area contributed by atoms with E-state index in [0.717, 1.165) is 5.56 Å². The molecule has 4 N–H and O–H groups in total. The van der Waals surface area contributed by atoms with Crippen LogP contribution in [0.1, 0.15) is 12.0 Å². The van der Waals surface area contributed by atoms with Gasteiger partial charge >= 0.3 is 0 Å². The highest BCUT2D eigenvalue weighted by Crippen LogP contribution is 2.20. The van der Waals surface area contributed by atoms with Gasteiger partial charge in [-0.1, -0.05) is 30.3 Å². The van der Waals surface area contributed by atoms with E-state index in [1.807, 2.05) is 30.3 Å². The Hall–Kier alpha value is -2.48. The van der Waals surface area contributed by atoms with Crippen LogP contribution in [0.15, 0.2) is 48.5 Å². The van der Waals surface area contributed by atoms with Crippen molar-refractivity contribution in [1.82, 2.24) is 0 Å². The number of benzene rings is 2. The predicted octanol–water partition coefficient (Wildman–Crippen LogP) is 2.73. The number of nitrogens with two attached hydrogens (primary N) is 1. The van der Waals surface area contributed by atoms with Crippen molar-refractivity contribution in [3.8, 4) is 0 Å². The zero-order valence-corrected chi connectivity index (χ0v) is 15.7. The van der Waals surface area contributed by atoms with Gasteiger partial charge in [-0.3, -0.25) is 9.59 Å². The Balaban J connectivity index is 0.00000364. The molecule has 0 heterocycles. The number of carbonyl (C=O) groups excluding carboxylic acids is 2. The lowest BCUT2D eigenvalue weighted by molar-refractivity contribution is -0.118. The summed E-state index contributed by atoms with van der Waals surface area (Å²) in [7, 11) is 1.48. The standard InChI is InChI=1S/C19H22FN3O3.ClH/c1-26-15(12-21)11-19(25)22-14-7-8-16(20)17(10-14)23-18(24)9-13-5-3-2-4-6-13;/h2-8,10,15H,9,11-12,21H2,1H3,(H,22,25)(H,23,24);1H. The molecule has 0 aliphatic heterocycles. The first-order valence-corrected chi connectivity index (χ1v) is 8.18. The first-order chi connectivity index (χ1) is 12.5. The molecule has 0 radical (unpaired) electrons. The van der Waals surface area contributed by atoms with Crippen LogP contribution in [0.4, 0.5) is 15.8 Å². The molecule has 146 valence electrons. The number of anilines is 2. The van der Waals surface area contributed by atoms with Crippen molar-refractivity contribution in [1.29, 1.82) is 0 Å². The Bertz CT molecular complexity index is 755. The molecule has 0 aromatic heterocycles. The molecule has 2 aromatic rings. The van der Waals surface area contributed by atoms with Crippen molar-refractivity contribution in [3.05, 3.63) is 59.9 Å². The normalized spacial score (nSPS) is 11.2. The van der Waals surface area contributed by atoms with E-state index < -0.39 is 5.82 Å². The Morgan fingerprint density at radius 2 is 1.81 bits per heavy atom. The minimum atomic E-state index is -0.582. The topological polar surface area (TPSA) is 93.4 Å². The molecule has 0 bridgehead atoms. The Morgan fingerprint density at radius 1 is 1.11 bits per heavy atom. The fourth-order valence-electron chi connectivity index (χ4n) is 2.36. The average molecular weight is 396 g/mol. The molecule has 2 rings (SSSR count). The second-order valence-corrected chi connectivity index (χ2v) is 5.75. The average Bonchev–Trinajstić information content (AvgIpc) is 2.63. The highest BCUT2D eigenvalue weighted by molar-refractivity contribution is 5.95. The van der Waals surface area contributed by atoms with E-state index in [-0.39, 0.29) is 55.4 Å². The van der Waals surface area contributed by atoms with Crippen LogP contribution in [0.25, 0.3) is 0 Å². The quantitative estimate of drug-likeness (QED) is 0.640. The summed E-state index contributed by atoms with van der Waals surface area (Å²) in [5.74, 6) is -1.24. The largest absolute Gasteiger partial charge is 0.380 e. The van der Waals surface area contributed by atoms with E-state index in [2.05, 4.69) is 10.6 Å². The lowest BCUT2D eigenvalue weighted by Crippen LogP contribution is -2.28. The summed E-state index contributed by atoms with van der Waals surface area (Å²) in [6, 6.07) is 13.1. The maximum atomic E-state index is 14.0. The highest BCUT2D eigenvalue weighted by atomic mass is 35.5. The van der Waals surface area contributed by atoms with Gasteiger partial charge in [0.05, 0.1) is 24.6 Å². The van der Waals surface area contributed by atoms with E-state index in [1.165, 1.54) is 25.3 Å². The minimum Gasteiger partial charge on any atom is -0.380 e. The summed E-state index contributed by atoms with van der Waals surface area (Å²) >= 11 is 0. The molecule has 2 aromatic carbocycles. The van der Waals surface area contributed by atoms with Crippen molar-refractivity contribution in [2.75, 3.05) is 24.3 Å². The van der Waals surface area contributed by atoms with Crippen LogP contribution in [-0.2, 0) is 20.7 Å². The number of methoxy groups -OCH3 is 1. The molecule has 0 fully saturated rings. The van der Waals surface area contributed by atoms with Crippen LogP contribution < -0.4 is 16.4 Å². The van der Waals surface area contributed by atoms with Gasteiger partial charge in [0.1, 0.15) is 5.82 Å². The molecular formula is C19H23ClFN3O3. The second kappa shape index (κ2) is 11.3. The second-order valence-electron chi connectivity index (χ2n) is 5.75. The summed E-state index contributed by atoms with van der Waals surface area (Å²) in [4.78, 5) is 24.1. The monoisotopic (exact) mass is 395 g/mol. The number of hydrogen-bond donors (Lipinski definition) is 3.